The van der Waals surface area contributed by atoms with E-state index in [1.54, 1.807) is 0 Å². The van der Waals surface area contributed by atoms with E-state index in [9.17, 15) is 0 Å². The molecule has 206 valence electrons. The van der Waals surface area contributed by atoms with Gasteiger partial charge in [0.25, 0.3) is 0 Å². The van der Waals surface area contributed by atoms with Crippen LogP contribution in [0.4, 0.5) is 0 Å². The summed E-state index contributed by atoms with van der Waals surface area (Å²) in [5.74, 6) is 1.01. The van der Waals surface area contributed by atoms with Crippen LogP contribution in [0, 0.1) is 20.8 Å². The number of aromatic nitrogens is 1. The Morgan fingerprint density at radius 1 is 0.476 bits per heavy atom. The van der Waals surface area contributed by atoms with E-state index in [2.05, 4.69) is 138 Å². The van der Waals surface area contributed by atoms with E-state index in [4.69, 9.17) is 0 Å². The van der Waals surface area contributed by atoms with E-state index >= 15 is 0 Å². The molecular weight excluding hydrogens is 506 g/mol. The molecule has 1 heteroatoms. The zero-order chi connectivity index (χ0) is 29.0. The number of aryl methyl sites for hydroxylation is 3. The Hall–Kier alpha value is -4.36. The van der Waals surface area contributed by atoms with Crippen LogP contribution >= 0.6 is 0 Å². The van der Waals surface area contributed by atoms with Gasteiger partial charge in [-0.25, -0.2) is 0 Å². The molecule has 8 rings (SSSR count). The molecule has 6 aromatic carbocycles. The third kappa shape index (κ3) is 3.56. The van der Waals surface area contributed by atoms with Crippen LogP contribution in [0.5, 0.6) is 0 Å². The van der Waals surface area contributed by atoms with Gasteiger partial charge in [-0.2, -0.15) is 0 Å². The first kappa shape index (κ1) is 25.4. The van der Waals surface area contributed by atoms with Crippen LogP contribution in [0.2, 0.25) is 0 Å². The molecule has 0 N–H and O–H groups in total. The van der Waals surface area contributed by atoms with Crippen LogP contribution in [0.15, 0.2) is 84.9 Å². The minimum atomic E-state index is 0.507. The first-order valence-corrected chi connectivity index (χ1v) is 15.4. The Labute approximate surface area is 247 Å². The second-order valence-corrected chi connectivity index (χ2v) is 13.3. The molecule has 0 amide bonds. The first-order valence-electron chi connectivity index (χ1n) is 15.4. The molecule has 0 spiro atoms. The second kappa shape index (κ2) is 8.82. The van der Waals surface area contributed by atoms with Crippen molar-refractivity contribution in [3.8, 4) is 11.1 Å². The number of benzene rings is 6. The van der Waals surface area contributed by atoms with E-state index in [1.807, 2.05) is 0 Å². The number of rotatable bonds is 3. The van der Waals surface area contributed by atoms with E-state index in [-0.39, 0.29) is 0 Å². The minimum Gasteiger partial charge on any atom is -0.308 e. The van der Waals surface area contributed by atoms with E-state index in [0.717, 1.165) is 0 Å². The lowest BCUT2D eigenvalue weighted by Gasteiger charge is -2.13. The minimum absolute atomic E-state index is 0.507. The lowest BCUT2D eigenvalue weighted by molar-refractivity contribution is 0.869. The third-order valence-electron chi connectivity index (χ3n) is 9.65. The highest BCUT2D eigenvalue weighted by Gasteiger charge is 2.21. The smallest absolute Gasteiger partial charge is 0.0620 e. The van der Waals surface area contributed by atoms with Crippen molar-refractivity contribution in [2.75, 3.05) is 0 Å². The van der Waals surface area contributed by atoms with Gasteiger partial charge >= 0.3 is 0 Å². The maximum atomic E-state index is 2.54. The molecule has 0 aliphatic heterocycles. The van der Waals surface area contributed by atoms with Gasteiger partial charge in [0.1, 0.15) is 0 Å². The summed E-state index contributed by atoms with van der Waals surface area (Å²) in [6.45, 7) is 15.8. The molecule has 0 saturated heterocycles. The van der Waals surface area contributed by atoms with Crippen molar-refractivity contribution in [3.63, 3.8) is 0 Å². The van der Waals surface area contributed by atoms with Gasteiger partial charge in [0, 0.05) is 21.5 Å². The maximum absolute atomic E-state index is 2.54. The Kier molecular flexibility index (Phi) is 5.33. The van der Waals surface area contributed by atoms with Crippen molar-refractivity contribution in [1.29, 1.82) is 0 Å². The molecule has 0 radical (unpaired) electrons. The quantitative estimate of drug-likeness (QED) is 0.209. The fraction of sp³-hybridized carbons (Fsp3) is 0.220. The fourth-order valence-electron chi connectivity index (χ4n) is 7.56. The van der Waals surface area contributed by atoms with Gasteiger partial charge in [-0.15, -0.1) is 0 Å². The summed E-state index contributed by atoms with van der Waals surface area (Å²) < 4.78 is 2.54. The topological polar surface area (TPSA) is 4.41 Å². The highest BCUT2D eigenvalue weighted by atomic mass is 14.9. The summed E-state index contributed by atoms with van der Waals surface area (Å²) >= 11 is 0. The van der Waals surface area contributed by atoms with E-state index in [1.165, 1.54) is 98.6 Å². The second-order valence-electron chi connectivity index (χ2n) is 13.3. The van der Waals surface area contributed by atoms with Crippen molar-refractivity contribution >= 4 is 59.6 Å². The van der Waals surface area contributed by atoms with Crippen molar-refractivity contribution < 1.29 is 0 Å². The molecule has 8 aromatic rings. The van der Waals surface area contributed by atoms with Gasteiger partial charge < -0.3 is 4.40 Å². The van der Waals surface area contributed by atoms with Crippen molar-refractivity contribution in [1.82, 2.24) is 4.40 Å². The number of hydrogen-bond acceptors (Lipinski definition) is 0. The summed E-state index contributed by atoms with van der Waals surface area (Å²) in [6.07, 6.45) is 0. The van der Waals surface area contributed by atoms with E-state index < -0.39 is 0 Å². The molecule has 1 nitrogen and oxygen atoms in total. The Morgan fingerprint density at radius 2 is 0.952 bits per heavy atom. The predicted molar refractivity (Wildman–Crippen MR) is 184 cm³/mol. The molecule has 0 aliphatic rings. The standard InChI is InChI=1S/C41H37N/c1-22(2)27-8-10-29-20-38-34(16-31(29)14-27)36-18-33(40-25(6)12-24(5)13-26(40)7)19-37-35-17-32-15-28(23(3)4)9-11-30(32)21-39(35)42(38)41(36)37/h8-23H,1-7H3. The molecule has 2 heterocycles. The Bertz CT molecular complexity index is 2220. The average molecular weight is 544 g/mol. The summed E-state index contributed by atoms with van der Waals surface area (Å²) in [4.78, 5) is 0. The zero-order valence-electron chi connectivity index (χ0n) is 25.7. The largest absolute Gasteiger partial charge is 0.308 e. The van der Waals surface area contributed by atoms with Crippen molar-refractivity contribution in [3.05, 3.63) is 113 Å². The molecule has 42 heavy (non-hydrogen) atoms. The monoisotopic (exact) mass is 543 g/mol. The summed E-state index contributed by atoms with van der Waals surface area (Å²) in [5, 5.41) is 10.6. The van der Waals surface area contributed by atoms with Gasteiger partial charge in [-0.05, 0) is 124 Å². The molecule has 0 atom stereocenters. The first-order chi connectivity index (χ1) is 20.2. The third-order valence-corrected chi connectivity index (χ3v) is 9.65. The SMILES string of the molecule is Cc1cc(C)c(-c2cc3c4cc5cc(C(C)C)ccc5cc4n4c5cc6ccc(C(C)C)cc6cc5c(c2)c34)c(C)c1. The van der Waals surface area contributed by atoms with Crippen LogP contribution < -0.4 is 0 Å². The van der Waals surface area contributed by atoms with Crippen LogP contribution in [0.1, 0.15) is 67.3 Å². The molecule has 0 aliphatic carbocycles. The average Bonchev–Trinajstić information content (AvgIpc) is 3.43. The van der Waals surface area contributed by atoms with Crippen molar-refractivity contribution in [2.45, 2.75) is 60.3 Å². The Morgan fingerprint density at radius 3 is 1.40 bits per heavy atom. The van der Waals surface area contributed by atoms with Gasteiger partial charge in [0.15, 0.2) is 0 Å². The molecule has 0 unspecified atom stereocenters. The Balaban J connectivity index is 1.56. The van der Waals surface area contributed by atoms with Gasteiger partial charge in [-0.1, -0.05) is 81.8 Å². The van der Waals surface area contributed by atoms with Crippen LogP contribution in [0.25, 0.3) is 70.8 Å². The molecule has 0 saturated carbocycles. The highest BCUT2D eigenvalue weighted by Crippen LogP contribution is 2.45. The fourth-order valence-corrected chi connectivity index (χ4v) is 7.56. The van der Waals surface area contributed by atoms with Gasteiger partial charge in [-0.3, -0.25) is 0 Å². The number of hydrogen-bond donors (Lipinski definition) is 0. The molecule has 0 bridgehead atoms. The number of nitrogens with zero attached hydrogens (tertiary/aromatic N) is 1. The van der Waals surface area contributed by atoms with Gasteiger partial charge in [0.2, 0.25) is 0 Å². The zero-order valence-corrected chi connectivity index (χ0v) is 25.7. The van der Waals surface area contributed by atoms with Crippen molar-refractivity contribution in [2.24, 2.45) is 0 Å². The lowest BCUT2D eigenvalue weighted by Crippen LogP contribution is -1.90. The molecular formula is C41H37N. The van der Waals surface area contributed by atoms with Crippen LogP contribution in [-0.4, -0.2) is 4.40 Å². The van der Waals surface area contributed by atoms with E-state index in [0.29, 0.717) is 11.8 Å². The summed E-state index contributed by atoms with van der Waals surface area (Å²) in [6, 6.07) is 33.3. The maximum Gasteiger partial charge on any atom is 0.0620 e. The lowest BCUT2D eigenvalue weighted by atomic mass is 9.91. The number of fused-ring (bicyclic) bond motifs is 8. The van der Waals surface area contributed by atoms with Crippen LogP contribution in [-0.2, 0) is 0 Å². The predicted octanol–water partition coefficient (Wildman–Crippen LogP) is 12.0. The van der Waals surface area contributed by atoms with Gasteiger partial charge in [0.05, 0.1) is 16.6 Å². The summed E-state index contributed by atoms with van der Waals surface area (Å²) in [7, 11) is 0. The molecule has 0 fully saturated rings. The molecule has 2 aromatic heterocycles. The summed E-state index contributed by atoms with van der Waals surface area (Å²) in [5.41, 5.74) is 13.4. The normalized spacial score (nSPS) is 12.6. The van der Waals surface area contributed by atoms with Crippen LogP contribution in [0.3, 0.4) is 0 Å². The highest BCUT2D eigenvalue weighted by molar-refractivity contribution is 6.27.